The molecule has 39 heavy (non-hydrogen) atoms. The van der Waals surface area contributed by atoms with Crippen LogP contribution in [0, 0.1) is 0 Å². The quantitative estimate of drug-likeness (QED) is 0.335. The number of benzene rings is 2. The zero-order valence-corrected chi connectivity index (χ0v) is 21.0. The third-order valence-corrected chi connectivity index (χ3v) is 7.41. The second-order valence-corrected chi connectivity index (χ2v) is 10.1. The number of amides is 1. The van der Waals surface area contributed by atoms with Crippen LogP contribution < -0.4 is 15.5 Å². The molecule has 1 unspecified atom stereocenters. The van der Waals surface area contributed by atoms with Crippen molar-refractivity contribution in [3.8, 4) is 0 Å². The van der Waals surface area contributed by atoms with Crippen LogP contribution >= 0.6 is 0 Å². The number of fused-ring (bicyclic) bond motifs is 1. The third-order valence-electron chi connectivity index (χ3n) is 7.41. The van der Waals surface area contributed by atoms with Crippen LogP contribution in [0.5, 0.6) is 0 Å². The molecule has 5 rings (SSSR count). The molecule has 2 atom stereocenters. The van der Waals surface area contributed by atoms with E-state index in [0.29, 0.717) is 30.8 Å². The summed E-state index contributed by atoms with van der Waals surface area (Å²) < 4.78 is 79.8. The van der Waals surface area contributed by atoms with Crippen molar-refractivity contribution in [2.24, 2.45) is 0 Å². The Hall–Kier alpha value is -3.50. The second-order valence-electron chi connectivity index (χ2n) is 10.1. The summed E-state index contributed by atoms with van der Waals surface area (Å²) in [6.45, 7) is 1.87. The van der Waals surface area contributed by atoms with Gasteiger partial charge >= 0.3 is 12.4 Å². The zero-order valence-electron chi connectivity index (χ0n) is 21.0. The van der Waals surface area contributed by atoms with Crippen LogP contribution in [0.1, 0.15) is 60.0 Å². The fourth-order valence-electron chi connectivity index (χ4n) is 5.45. The van der Waals surface area contributed by atoms with Crippen molar-refractivity contribution in [1.82, 2.24) is 10.3 Å². The zero-order chi connectivity index (χ0) is 27.8. The molecule has 2 aliphatic rings. The maximum Gasteiger partial charge on any atom is 0.416 e. The molecule has 5 nitrogen and oxygen atoms in total. The lowest BCUT2D eigenvalue weighted by Gasteiger charge is -2.33. The Morgan fingerprint density at radius 1 is 0.821 bits per heavy atom. The van der Waals surface area contributed by atoms with Crippen LogP contribution in [-0.4, -0.2) is 36.1 Å². The molecule has 208 valence electrons. The van der Waals surface area contributed by atoms with Crippen LogP contribution in [0.15, 0.2) is 48.5 Å². The third kappa shape index (κ3) is 6.07. The molecule has 2 heterocycles. The monoisotopic (exact) mass is 550 g/mol. The fourth-order valence-corrected chi connectivity index (χ4v) is 5.45. The van der Waals surface area contributed by atoms with Gasteiger partial charge in [0.05, 0.1) is 16.6 Å². The summed E-state index contributed by atoms with van der Waals surface area (Å²) in [5.74, 6) is -0.366. The molecule has 0 spiro atoms. The van der Waals surface area contributed by atoms with Crippen molar-refractivity contribution in [2.45, 2.75) is 63.0 Å². The van der Waals surface area contributed by atoms with E-state index < -0.39 is 41.0 Å². The van der Waals surface area contributed by atoms with Crippen molar-refractivity contribution >= 4 is 28.3 Å². The van der Waals surface area contributed by atoms with Gasteiger partial charge in [-0.15, -0.1) is 0 Å². The smallest absolute Gasteiger partial charge is 0.371 e. The average Bonchev–Trinajstić information content (AvgIpc) is 3.43. The molecule has 0 radical (unpaired) electrons. The highest BCUT2D eigenvalue weighted by Gasteiger charge is 2.38. The minimum atomic E-state index is -5.03. The summed E-state index contributed by atoms with van der Waals surface area (Å²) in [6.07, 6.45) is -5.04. The van der Waals surface area contributed by atoms with Gasteiger partial charge in [-0.05, 0) is 49.9 Å². The van der Waals surface area contributed by atoms with Crippen molar-refractivity contribution in [3.63, 3.8) is 0 Å². The number of hydrogen-bond acceptors (Lipinski definition) is 4. The predicted molar refractivity (Wildman–Crippen MR) is 137 cm³/mol. The van der Waals surface area contributed by atoms with Gasteiger partial charge in [-0.2, -0.15) is 26.3 Å². The number of nitrogens with zero attached hydrogens (tertiary/aromatic N) is 2. The molecular weight excluding hydrogens is 522 g/mol. The average molecular weight is 551 g/mol. The molecular formula is C28H28F6N4O. The number of hydrogen-bond donors (Lipinski definition) is 2. The molecule has 1 saturated heterocycles. The normalized spacial score (nSPS) is 20.3. The Bertz CT molecular complexity index is 1320. The predicted octanol–water partition coefficient (Wildman–Crippen LogP) is 7.03. The van der Waals surface area contributed by atoms with E-state index in [2.05, 4.69) is 15.5 Å². The van der Waals surface area contributed by atoms with E-state index in [-0.39, 0.29) is 12.1 Å². The number of para-hydroxylation sites is 1. The van der Waals surface area contributed by atoms with Crippen LogP contribution in [0.4, 0.5) is 37.8 Å². The minimum absolute atomic E-state index is 0.0189. The highest BCUT2D eigenvalue weighted by Crippen LogP contribution is 2.37. The Kier molecular flexibility index (Phi) is 7.35. The number of rotatable bonds is 5. The maximum atomic E-state index is 13.3. The lowest BCUT2D eigenvalue weighted by molar-refractivity contribution is -0.143. The number of carbonyl (C=O) groups is 1. The number of nitrogens with one attached hydrogen (secondary N) is 2. The second kappa shape index (κ2) is 10.6. The van der Waals surface area contributed by atoms with Gasteiger partial charge in [-0.25, -0.2) is 4.98 Å². The van der Waals surface area contributed by atoms with Crippen molar-refractivity contribution < 1.29 is 31.1 Å². The van der Waals surface area contributed by atoms with E-state index in [9.17, 15) is 31.1 Å². The Morgan fingerprint density at radius 3 is 2.08 bits per heavy atom. The molecule has 1 aliphatic carbocycles. The summed E-state index contributed by atoms with van der Waals surface area (Å²) >= 11 is 0. The van der Waals surface area contributed by atoms with Crippen molar-refractivity contribution in [2.75, 3.05) is 23.3 Å². The number of carbonyl (C=O) groups excluding carboxylic acids is 1. The van der Waals surface area contributed by atoms with Gasteiger partial charge in [0.1, 0.15) is 5.82 Å². The number of pyridine rings is 1. The molecule has 11 heteroatoms. The van der Waals surface area contributed by atoms with E-state index >= 15 is 0 Å². The van der Waals surface area contributed by atoms with Gasteiger partial charge in [0, 0.05) is 47.9 Å². The summed E-state index contributed by atoms with van der Waals surface area (Å²) in [5, 5.41) is 7.13. The Labute approximate surface area is 221 Å². The molecule has 0 bridgehead atoms. The topological polar surface area (TPSA) is 57.3 Å². The molecule has 2 aromatic carbocycles. The first-order valence-corrected chi connectivity index (χ1v) is 13.0. The van der Waals surface area contributed by atoms with E-state index in [0.717, 1.165) is 55.4 Å². The maximum absolute atomic E-state index is 13.3. The van der Waals surface area contributed by atoms with Crippen LogP contribution in [0.2, 0.25) is 0 Å². The molecule has 2 fully saturated rings. The highest BCUT2D eigenvalue weighted by molar-refractivity contribution is 5.95. The summed E-state index contributed by atoms with van der Waals surface area (Å²) in [7, 11) is 0. The number of aromatic nitrogens is 1. The van der Waals surface area contributed by atoms with Gasteiger partial charge in [0.15, 0.2) is 0 Å². The van der Waals surface area contributed by atoms with Gasteiger partial charge in [-0.1, -0.05) is 31.0 Å². The van der Waals surface area contributed by atoms with E-state index in [1.807, 2.05) is 30.3 Å². The standard InChI is InChI=1S/C28H28F6N4O/c29-27(30,31)18-13-17(14-19(15-18)28(32,33)34)26(39)37-23-10-4-3-9-22(23)36-25-16-24(38-11-5-6-12-38)20-7-1-2-8-21(20)35-25/h1-2,7-8,13-16,22-23H,3-6,9-12H2,(H,35,36)(H,37,39)/t22-,23?/m0/s1. The molecule has 1 aliphatic heterocycles. The number of alkyl halides is 6. The van der Waals surface area contributed by atoms with Crippen molar-refractivity contribution in [3.05, 3.63) is 65.2 Å². The minimum Gasteiger partial charge on any atom is -0.371 e. The van der Waals surface area contributed by atoms with E-state index in [1.165, 1.54) is 0 Å². The lowest BCUT2D eigenvalue weighted by Crippen LogP contribution is -2.48. The number of anilines is 2. The summed E-state index contributed by atoms with van der Waals surface area (Å²) in [5.41, 5.74) is -1.85. The molecule has 3 aromatic rings. The molecule has 2 N–H and O–H groups in total. The van der Waals surface area contributed by atoms with Gasteiger partial charge < -0.3 is 15.5 Å². The summed E-state index contributed by atoms with van der Waals surface area (Å²) in [4.78, 5) is 20.0. The highest BCUT2D eigenvalue weighted by atomic mass is 19.4. The molecule has 1 aromatic heterocycles. The largest absolute Gasteiger partial charge is 0.416 e. The molecule has 1 saturated carbocycles. The summed E-state index contributed by atoms with van der Waals surface area (Å²) in [6, 6.07) is 9.93. The van der Waals surface area contributed by atoms with Gasteiger partial charge in [0.25, 0.3) is 5.91 Å². The first kappa shape index (κ1) is 27.1. The van der Waals surface area contributed by atoms with Gasteiger partial charge in [0.2, 0.25) is 0 Å². The van der Waals surface area contributed by atoms with Crippen LogP contribution in [-0.2, 0) is 12.4 Å². The first-order chi connectivity index (χ1) is 18.5. The van der Waals surface area contributed by atoms with E-state index in [4.69, 9.17) is 4.98 Å². The van der Waals surface area contributed by atoms with Crippen LogP contribution in [0.3, 0.4) is 0 Å². The Morgan fingerprint density at radius 2 is 1.44 bits per heavy atom. The fraction of sp³-hybridized carbons (Fsp3) is 0.429. The van der Waals surface area contributed by atoms with Crippen molar-refractivity contribution in [1.29, 1.82) is 0 Å². The van der Waals surface area contributed by atoms with Crippen LogP contribution in [0.25, 0.3) is 10.9 Å². The Balaban J connectivity index is 1.40. The SMILES string of the molecule is O=C(NC1CCCC[C@@H]1Nc1cc(N2CCCC2)c2ccccc2n1)c1cc(C(F)(F)F)cc(C(F)(F)F)c1. The number of halogens is 6. The van der Waals surface area contributed by atoms with E-state index in [1.54, 1.807) is 0 Å². The lowest BCUT2D eigenvalue weighted by atomic mass is 9.90. The van der Waals surface area contributed by atoms with Gasteiger partial charge in [-0.3, -0.25) is 4.79 Å². The molecule has 1 amide bonds. The first-order valence-electron chi connectivity index (χ1n) is 13.0.